The zero-order valence-electron chi connectivity index (χ0n) is 10.3. The third kappa shape index (κ3) is 2.68. The van der Waals surface area contributed by atoms with Crippen LogP contribution in [0.4, 0.5) is 0 Å². The van der Waals surface area contributed by atoms with Gasteiger partial charge in [-0.25, -0.2) is 4.98 Å². The molecule has 1 fully saturated rings. The first-order valence-electron chi connectivity index (χ1n) is 6.54. The van der Waals surface area contributed by atoms with Gasteiger partial charge in [-0.05, 0) is 25.2 Å². The van der Waals surface area contributed by atoms with Crippen molar-refractivity contribution in [1.82, 2.24) is 9.97 Å². The summed E-state index contributed by atoms with van der Waals surface area (Å²) >= 11 is 0. The highest BCUT2D eigenvalue weighted by atomic mass is 16.3. The van der Waals surface area contributed by atoms with E-state index in [-0.39, 0.29) is 17.4 Å². The highest BCUT2D eigenvalue weighted by Gasteiger charge is 2.24. The molecule has 1 heterocycles. The van der Waals surface area contributed by atoms with Gasteiger partial charge in [-0.2, -0.15) is 0 Å². The lowest BCUT2D eigenvalue weighted by Gasteiger charge is -2.10. The SMILES string of the molecule is CCCCc1nc(O)c(C2CCCC2)c(=O)[nH]1. The van der Waals surface area contributed by atoms with Gasteiger partial charge in [0.05, 0.1) is 5.56 Å². The van der Waals surface area contributed by atoms with Crippen molar-refractivity contribution in [3.8, 4) is 5.88 Å². The van der Waals surface area contributed by atoms with Crippen molar-refractivity contribution >= 4 is 0 Å². The molecule has 0 unspecified atom stereocenters. The maximum atomic E-state index is 12.0. The van der Waals surface area contributed by atoms with E-state index in [1.165, 1.54) is 0 Å². The van der Waals surface area contributed by atoms with Crippen LogP contribution in [0.15, 0.2) is 4.79 Å². The van der Waals surface area contributed by atoms with Gasteiger partial charge in [-0.1, -0.05) is 26.2 Å². The van der Waals surface area contributed by atoms with Crippen LogP contribution in [0.3, 0.4) is 0 Å². The van der Waals surface area contributed by atoms with E-state index in [9.17, 15) is 9.90 Å². The summed E-state index contributed by atoms with van der Waals surface area (Å²) in [6, 6.07) is 0. The van der Waals surface area contributed by atoms with E-state index in [1.54, 1.807) is 0 Å². The van der Waals surface area contributed by atoms with E-state index in [4.69, 9.17) is 0 Å². The second kappa shape index (κ2) is 5.34. The Kier molecular flexibility index (Phi) is 3.82. The molecule has 0 radical (unpaired) electrons. The van der Waals surface area contributed by atoms with Crippen LogP contribution in [-0.4, -0.2) is 15.1 Å². The number of hydrogen-bond donors (Lipinski definition) is 2. The summed E-state index contributed by atoms with van der Waals surface area (Å²) in [5, 5.41) is 9.90. The van der Waals surface area contributed by atoms with E-state index in [0.29, 0.717) is 11.4 Å². The molecule has 0 spiro atoms. The zero-order valence-corrected chi connectivity index (χ0v) is 10.3. The summed E-state index contributed by atoms with van der Waals surface area (Å²) in [6.45, 7) is 2.09. The first-order chi connectivity index (χ1) is 8.22. The fraction of sp³-hybridized carbons (Fsp3) is 0.692. The minimum absolute atomic E-state index is 0.0493. The van der Waals surface area contributed by atoms with Crippen LogP contribution in [0.2, 0.25) is 0 Å². The molecular formula is C13H20N2O2. The van der Waals surface area contributed by atoms with Crippen molar-refractivity contribution in [3.05, 3.63) is 21.7 Å². The van der Waals surface area contributed by atoms with Crippen LogP contribution in [-0.2, 0) is 6.42 Å². The second-order valence-corrected chi connectivity index (χ2v) is 4.83. The van der Waals surface area contributed by atoms with E-state index in [0.717, 1.165) is 44.9 Å². The van der Waals surface area contributed by atoms with E-state index >= 15 is 0 Å². The first kappa shape index (κ1) is 12.1. The summed E-state index contributed by atoms with van der Waals surface area (Å²) in [7, 11) is 0. The van der Waals surface area contributed by atoms with Gasteiger partial charge in [0.25, 0.3) is 5.56 Å². The largest absolute Gasteiger partial charge is 0.493 e. The smallest absolute Gasteiger partial charge is 0.258 e. The fourth-order valence-electron chi connectivity index (χ4n) is 2.56. The average Bonchev–Trinajstić information content (AvgIpc) is 2.79. The molecule has 1 aliphatic rings. The minimum Gasteiger partial charge on any atom is -0.493 e. The van der Waals surface area contributed by atoms with Crippen LogP contribution >= 0.6 is 0 Å². The van der Waals surface area contributed by atoms with Crippen LogP contribution < -0.4 is 5.56 Å². The molecule has 1 aromatic heterocycles. The third-order valence-corrected chi connectivity index (χ3v) is 3.51. The summed E-state index contributed by atoms with van der Waals surface area (Å²) in [5.74, 6) is 0.759. The van der Waals surface area contributed by atoms with Gasteiger partial charge < -0.3 is 10.1 Å². The molecule has 0 amide bonds. The predicted octanol–water partition coefficient (Wildman–Crippen LogP) is 2.48. The number of hydrogen-bond acceptors (Lipinski definition) is 3. The Morgan fingerprint density at radius 2 is 2.12 bits per heavy atom. The quantitative estimate of drug-likeness (QED) is 0.844. The average molecular weight is 236 g/mol. The molecule has 0 aromatic carbocycles. The van der Waals surface area contributed by atoms with Crippen molar-refractivity contribution < 1.29 is 5.11 Å². The van der Waals surface area contributed by atoms with Crippen LogP contribution in [0.5, 0.6) is 5.88 Å². The van der Waals surface area contributed by atoms with Gasteiger partial charge in [0, 0.05) is 6.42 Å². The molecule has 1 saturated carbocycles. The molecule has 0 saturated heterocycles. The van der Waals surface area contributed by atoms with Gasteiger partial charge in [0.15, 0.2) is 0 Å². The molecule has 4 nitrogen and oxygen atoms in total. The molecule has 1 aromatic rings. The number of H-pyrrole nitrogens is 1. The summed E-state index contributed by atoms with van der Waals surface area (Å²) in [5.41, 5.74) is 0.359. The van der Waals surface area contributed by atoms with Gasteiger partial charge in [-0.3, -0.25) is 4.79 Å². The zero-order chi connectivity index (χ0) is 12.3. The van der Waals surface area contributed by atoms with Crippen molar-refractivity contribution in [1.29, 1.82) is 0 Å². The standard InChI is InChI=1S/C13H20N2O2/c1-2-3-8-10-14-12(16)11(13(17)15-10)9-6-4-5-7-9/h9H,2-8H2,1H3,(H2,14,15,16,17). The van der Waals surface area contributed by atoms with Gasteiger partial charge in [-0.15, -0.1) is 0 Å². The Bertz CT molecular complexity index is 434. The Balaban J connectivity index is 2.25. The number of nitrogens with one attached hydrogen (secondary N) is 1. The lowest BCUT2D eigenvalue weighted by atomic mass is 10.00. The molecule has 2 N–H and O–H groups in total. The van der Waals surface area contributed by atoms with E-state index < -0.39 is 0 Å². The van der Waals surface area contributed by atoms with Crippen molar-refractivity contribution in [2.75, 3.05) is 0 Å². The predicted molar refractivity (Wildman–Crippen MR) is 66.3 cm³/mol. The molecule has 94 valence electrons. The second-order valence-electron chi connectivity index (χ2n) is 4.83. The van der Waals surface area contributed by atoms with Crippen molar-refractivity contribution in [2.24, 2.45) is 0 Å². The number of nitrogens with zero attached hydrogens (tertiary/aromatic N) is 1. The van der Waals surface area contributed by atoms with Gasteiger partial charge in [0.1, 0.15) is 5.82 Å². The Morgan fingerprint density at radius 3 is 2.71 bits per heavy atom. The number of aryl methyl sites for hydroxylation is 1. The Morgan fingerprint density at radius 1 is 1.41 bits per heavy atom. The molecular weight excluding hydrogens is 216 g/mol. The minimum atomic E-state index is -0.143. The lowest BCUT2D eigenvalue weighted by Crippen LogP contribution is -2.19. The van der Waals surface area contributed by atoms with E-state index in [2.05, 4.69) is 16.9 Å². The van der Waals surface area contributed by atoms with Crippen LogP contribution in [0.1, 0.15) is 62.8 Å². The number of rotatable bonds is 4. The van der Waals surface area contributed by atoms with Crippen LogP contribution in [0, 0.1) is 0 Å². The molecule has 0 aliphatic heterocycles. The first-order valence-corrected chi connectivity index (χ1v) is 6.54. The number of unbranched alkanes of at least 4 members (excludes halogenated alkanes) is 1. The third-order valence-electron chi connectivity index (χ3n) is 3.51. The normalized spacial score (nSPS) is 16.5. The Labute approximate surface area is 101 Å². The topological polar surface area (TPSA) is 66.0 Å². The molecule has 1 aliphatic carbocycles. The molecule has 4 heteroatoms. The van der Waals surface area contributed by atoms with Crippen molar-refractivity contribution in [3.63, 3.8) is 0 Å². The Hall–Kier alpha value is -1.32. The number of aromatic amines is 1. The molecule has 17 heavy (non-hydrogen) atoms. The lowest BCUT2D eigenvalue weighted by molar-refractivity contribution is 0.431. The maximum absolute atomic E-state index is 12.0. The van der Waals surface area contributed by atoms with Gasteiger partial charge in [0.2, 0.25) is 5.88 Å². The summed E-state index contributed by atoms with van der Waals surface area (Å²) < 4.78 is 0. The summed E-state index contributed by atoms with van der Waals surface area (Å²) in [6.07, 6.45) is 7.02. The number of aromatic nitrogens is 2. The summed E-state index contributed by atoms with van der Waals surface area (Å²) in [4.78, 5) is 18.9. The number of aromatic hydroxyl groups is 1. The van der Waals surface area contributed by atoms with Gasteiger partial charge >= 0.3 is 0 Å². The monoisotopic (exact) mass is 236 g/mol. The van der Waals surface area contributed by atoms with E-state index in [1.807, 2.05) is 0 Å². The highest BCUT2D eigenvalue weighted by molar-refractivity contribution is 5.27. The van der Waals surface area contributed by atoms with Crippen molar-refractivity contribution in [2.45, 2.75) is 57.8 Å². The fourth-order valence-corrected chi connectivity index (χ4v) is 2.56. The molecule has 0 bridgehead atoms. The highest BCUT2D eigenvalue weighted by Crippen LogP contribution is 2.35. The maximum Gasteiger partial charge on any atom is 0.258 e. The molecule has 2 rings (SSSR count). The molecule has 0 atom stereocenters. The van der Waals surface area contributed by atoms with Crippen LogP contribution in [0.25, 0.3) is 0 Å².